The Morgan fingerprint density at radius 2 is 2.04 bits per heavy atom. The van der Waals surface area contributed by atoms with Gasteiger partial charge < -0.3 is 15.5 Å². The van der Waals surface area contributed by atoms with Crippen LogP contribution in [0.3, 0.4) is 0 Å². The highest BCUT2D eigenvalue weighted by Crippen LogP contribution is 2.34. The fraction of sp³-hybridized carbons (Fsp3) is 0.250. The second-order valence-electron chi connectivity index (χ2n) is 6.72. The molecule has 138 valence electrons. The molecule has 2 aromatic carbocycles. The highest BCUT2D eigenvalue weighted by Gasteiger charge is 2.31. The van der Waals surface area contributed by atoms with Crippen LogP contribution in [-0.4, -0.2) is 24.3 Å². The second kappa shape index (κ2) is 6.83. The number of amides is 3. The zero-order chi connectivity index (χ0) is 19.0. The van der Waals surface area contributed by atoms with Gasteiger partial charge in [-0.25, -0.2) is 4.39 Å². The third kappa shape index (κ3) is 3.40. The summed E-state index contributed by atoms with van der Waals surface area (Å²) in [5.74, 6) is -1.78. The first-order valence-corrected chi connectivity index (χ1v) is 8.82. The topological polar surface area (TPSA) is 78.5 Å². The minimum absolute atomic E-state index is 0.00519. The van der Waals surface area contributed by atoms with Crippen molar-refractivity contribution >= 4 is 34.8 Å². The Kier molecular flexibility index (Phi) is 4.35. The number of fused-ring (bicyclic) bond motifs is 1. The van der Waals surface area contributed by atoms with Gasteiger partial charge in [0.15, 0.2) is 0 Å². The van der Waals surface area contributed by atoms with Crippen molar-refractivity contribution in [3.05, 3.63) is 53.8 Å². The fourth-order valence-corrected chi connectivity index (χ4v) is 3.57. The van der Waals surface area contributed by atoms with Crippen molar-refractivity contribution in [1.29, 1.82) is 0 Å². The van der Waals surface area contributed by atoms with Crippen LogP contribution in [0.1, 0.15) is 30.7 Å². The Labute approximate surface area is 155 Å². The van der Waals surface area contributed by atoms with Crippen LogP contribution in [0.5, 0.6) is 0 Å². The summed E-state index contributed by atoms with van der Waals surface area (Å²) in [4.78, 5) is 38.3. The fourth-order valence-electron chi connectivity index (χ4n) is 3.57. The van der Waals surface area contributed by atoms with Gasteiger partial charge in [0.25, 0.3) is 0 Å². The molecule has 0 spiro atoms. The minimum atomic E-state index is -0.702. The number of hydrogen-bond donors (Lipinski definition) is 2. The van der Waals surface area contributed by atoms with E-state index in [1.165, 1.54) is 18.2 Å². The summed E-state index contributed by atoms with van der Waals surface area (Å²) < 4.78 is 13.4. The average molecular weight is 367 g/mol. The first-order valence-electron chi connectivity index (χ1n) is 8.82. The monoisotopic (exact) mass is 367 g/mol. The molecular weight excluding hydrogens is 349 g/mol. The largest absolute Gasteiger partial charge is 0.326 e. The number of benzene rings is 2. The molecule has 0 saturated carbocycles. The molecule has 0 unspecified atom stereocenters. The number of rotatable bonds is 3. The lowest BCUT2D eigenvalue weighted by molar-refractivity contribution is -0.123. The van der Waals surface area contributed by atoms with Gasteiger partial charge in [0.05, 0.1) is 5.92 Å². The number of anilines is 3. The third-order valence-electron chi connectivity index (χ3n) is 4.87. The molecule has 1 saturated heterocycles. The van der Waals surface area contributed by atoms with Crippen LogP contribution in [0.4, 0.5) is 21.5 Å². The normalized spacial score (nSPS) is 18.9. The molecule has 6 nitrogen and oxygen atoms in total. The Morgan fingerprint density at radius 1 is 1.19 bits per heavy atom. The molecule has 7 heteroatoms. The van der Waals surface area contributed by atoms with Gasteiger partial charge in [-0.15, -0.1) is 0 Å². The zero-order valence-electron chi connectivity index (χ0n) is 14.5. The maximum Gasteiger partial charge on any atom is 0.232 e. The minimum Gasteiger partial charge on any atom is -0.326 e. The molecule has 2 aliphatic rings. The van der Waals surface area contributed by atoms with E-state index in [1.807, 2.05) is 6.07 Å². The van der Waals surface area contributed by atoms with Crippen LogP contribution < -0.4 is 15.5 Å². The lowest BCUT2D eigenvalue weighted by Crippen LogP contribution is -2.31. The van der Waals surface area contributed by atoms with E-state index in [0.29, 0.717) is 29.9 Å². The number of carbonyl (C=O) groups is 3. The Morgan fingerprint density at radius 3 is 2.81 bits per heavy atom. The van der Waals surface area contributed by atoms with E-state index in [-0.39, 0.29) is 24.1 Å². The number of carbonyl (C=O) groups excluding carboxylic acids is 3. The first kappa shape index (κ1) is 17.2. The molecular formula is C20H18FN3O3. The van der Waals surface area contributed by atoms with E-state index >= 15 is 0 Å². The summed E-state index contributed by atoms with van der Waals surface area (Å²) in [6, 6.07) is 11.1. The quantitative estimate of drug-likeness (QED) is 0.875. The molecule has 0 radical (unpaired) electrons. The average Bonchev–Trinajstić information content (AvgIpc) is 3.07. The van der Waals surface area contributed by atoms with E-state index in [0.717, 1.165) is 12.1 Å². The van der Waals surface area contributed by atoms with Gasteiger partial charge in [-0.05, 0) is 42.3 Å². The van der Waals surface area contributed by atoms with Gasteiger partial charge in [0.2, 0.25) is 17.7 Å². The Balaban J connectivity index is 1.56. The smallest absolute Gasteiger partial charge is 0.232 e. The predicted molar refractivity (Wildman–Crippen MR) is 99.0 cm³/mol. The molecule has 2 heterocycles. The zero-order valence-corrected chi connectivity index (χ0v) is 14.5. The molecule has 3 amide bonds. The molecule has 2 aromatic rings. The van der Waals surface area contributed by atoms with Gasteiger partial charge in [-0.2, -0.15) is 0 Å². The molecule has 0 aromatic heterocycles. The van der Waals surface area contributed by atoms with Crippen LogP contribution in [0.25, 0.3) is 0 Å². The molecule has 1 fully saturated rings. The summed E-state index contributed by atoms with van der Waals surface area (Å²) in [6.45, 7) is 0.665. The van der Waals surface area contributed by atoms with Crippen molar-refractivity contribution < 1.29 is 18.8 Å². The highest BCUT2D eigenvalue weighted by atomic mass is 19.1. The van der Waals surface area contributed by atoms with Crippen LogP contribution in [-0.2, 0) is 14.4 Å². The summed E-state index contributed by atoms with van der Waals surface area (Å²) in [5.41, 5.74) is 2.19. The second-order valence-corrected chi connectivity index (χ2v) is 6.72. The van der Waals surface area contributed by atoms with Gasteiger partial charge in [0.1, 0.15) is 5.82 Å². The summed E-state index contributed by atoms with van der Waals surface area (Å²) >= 11 is 0. The van der Waals surface area contributed by atoms with Crippen LogP contribution in [0.15, 0.2) is 42.5 Å². The van der Waals surface area contributed by atoms with E-state index in [4.69, 9.17) is 0 Å². The van der Waals surface area contributed by atoms with E-state index in [9.17, 15) is 18.8 Å². The van der Waals surface area contributed by atoms with Crippen molar-refractivity contribution in [1.82, 2.24) is 0 Å². The van der Waals surface area contributed by atoms with Crippen molar-refractivity contribution in [2.75, 3.05) is 22.1 Å². The molecule has 27 heavy (non-hydrogen) atoms. The van der Waals surface area contributed by atoms with Crippen LogP contribution >= 0.6 is 0 Å². The molecule has 1 atom stereocenters. The van der Waals surface area contributed by atoms with E-state index in [1.54, 1.807) is 23.1 Å². The predicted octanol–water partition coefficient (Wildman–Crippen LogP) is 3.02. The molecule has 2 aliphatic heterocycles. The Hall–Kier alpha value is -3.22. The maximum atomic E-state index is 13.4. The summed E-state index contributed by atoms with van der Waals surface area (Å²) in [5, 5.41) is 5.41. The van der Waals surface area contributed by atoms with Crippen molar-refractivity contribution in [3.63, 3.8) is 0 Å². The Bertz CT molecular complexity index is 944. The lowest BCUT2D eigenvalue weighted by Gasteiger charge is -2.25. The van der Waals surface area contributed by atoms with Gasteiger partial charge in [0, 0.05) is 36.4 Å². The first-order chi connectivity index (χ1) is 13.0. The van der Waals surface area contributed by atoms with Gasteiger partial charge in [-0.3, -0.25) is 14.4 Å². The van der Waals surface area contributed by atoms with E-state index in [2.05, 4.69) is 10.6 Å². The SMILES string of the molecule is O=C1C[C@@H](C(=O)Nc2cccc(N3CCCC3=O)c2)c2ccc(F)cc2N1. The molecule has 0 aliphatic carbocycles. The third-order valence-corrected chi connectivity index (χ3v) is 4.87. The summed E-state index contributed by atoms with van der Waals surface area (Å²) in [6.07, 6.45) is 1.34. The molecule has 4 rings (SSSR count). The highest BCUT2D eigenvalue weighted by molar-refractivity contribution is 6.05. The van der Waals surface area contributed by atoms with Gasteiger partial charge in [-0.1, -0.05) is 12.1 Å². The van der Waals surface area contributed by atoms with Gasteiger partial charge >= 0.3 is 0 Å². The van der Waals surface area contributed by atoms with Crippen LogP contribution in [0, 0.1) is 5.82 Å². The number of hydrogen-bond acceptors (Lipinski definition) is 3. The summed E-state index contributed by atoms with van der Waals surface area (Å²) in [7, 11) is 0. The standard InChI is InChI=1S/C20H18FN3O3/c21-12-6-7-15-16(11-18(25)23-17(15)9-12)20(27)22-13-3-1-4-14(10-13)24-8-2-5-19(24)26/h1,3-4,6-7,9-10,16H,2,5,8,11H2,(H,22,27)(H,23,25)/t16-/m1/s1. The van der Waals surface area contributed by atoms with Crippen molar-refractivity contribution in [3.8, 4) is 0 Å². The number of nitrogens with zero attached hydrogens (tertiary/aromatic N) is 1. The van der Waals surface area contributed by atoms with Crippen molar-refractivity contribution in [2.45, 2.75) is 25.2 Å². The van der Waals surface area contributed by atoms with Crippen molar-refractivity contribution in [2.24, 2.45) is 0 Å². The van der Waals surface area contributed by atoms with E-state index < -0.39 is 11.7 Å². The number of halogens is 1. The number of nitrogens with one attached hydrogen (secondary N) is 2. The lowest BCUT2D eigenvalue weighted by atomic mass is 9.89. The molecule has 2 N–H and O–H groups in total. The van der Waals surface area contributed by atoms with Crippen LogP contribution in [0.2, 0.25) is 0 Å². The maximum absolute atomic E-state index is 13.4. The molecule has 0 bridgehead atoms.